The lowest BCUT2D eigenvalue weighted by molar-refractivity contribution is -0.137. The second-order valence-electron chi connectivity index (χ2n) is 4.24. The third-order valence-electron chi connectivity index (χ3n) is 2.76. The van der Waals surface area contributed by atoms with E-state index in [1.54, 1.807) is 6.92 Å². The third-order valence-corrected chi connectivity index (χ3v) is 2.76. The molecular formula is C13H10F3N5O. The van der Waals surface area contributed by atoms with E-state index in [2.05, 4.69) is 15.4 Å². The third kappa shape index (κ3) is 3.06. The first-order valence-corrected chi connectivity index (χ1v) is 6.18. The van der Waals surface area contributed by atoms with Gasteiger partial charge >= 0.3 is 6.18 Å². The molecule has 0 aliphatic rings. The predicted molar refractivity (Wildman–Crippen MR) is 70.0 cm³/mol. The lowest BCUT2D eigenvalue weighted by Gasteiger charge is -2.10. The number of aromatic nitrogens is 3. The van der Waals surface area contributed by atoms with Crippen LogP contribution in [0.5, 0.6) is 0 Å². The summed E-state index contributed by atoms with van der Waals surface area (Å²) in [6.45, 7) is 1.62. The Morgan fingerprint density at radius 2 is 2.14 bits per heavy atom. The highest BCUT2D eigenvalue weighted by molar-refractivity contribution is 5.91. The lowest BCUT2D eigenvalue weighted by atomic mass is 10.3. The van der Waals surface area contributed by atoms with Crippen LogP contribution >= 0.6 is 0 Å². The summed E-state index contributed by atoms with van der Waals surface area (Å²) in [5.74, 6) is -0.229. The van der Waals surface area contributed by atoms with Crippen molar-refractivity contribution in [3.8, 4) is 11.9 Å². The molecule has 22 heavy (non-hydrogen) atoms. The molecule has 6 nitrogen and oxygen atoms in total. The van der Waals surface area contributed by atoms with Crippen molar-refractivity contribution < 1.29 is 18.0 Å². The number of nitrogens with zero attached hydrogens (tertiary/aromatic N) is 4. The minimum absolute atomic E-state index is 0.0564. The summed E-state index contributed by atoms with van der Waals surface area (Å²) in [6.07, 6.45) is -2.46. The average Bonchev–Trinajstić information content (AvgIpc) is 2.89. The van der Waals surface area contributed by atoms with Crippen LogP contribution in [0, 0.1) is 11.3 Å². The molecule has 1 N–H and O–H groups in total. The molecule has 0 atom stereocenters. The Kier molecular flexibility index (Phi) is 4.12. The number of rotatable bonds is 3. The van der Waals surface area contributed by atoms with Gasteiger partial charge in [-0.05, 0) is 12.1 Å². The van der Waals surface area contributed by atoms with Gasteiger partial charge in [0.15, 0.2) is 11.6 Å². The van der Waals surface area contributed by atoms with E-state index in [4.69, 9.17) is 5.26 Å². The monoisotopic (exact) mass is 309 g/mol. The van der Waals surface area contributed by atoms with Crippen LogP contribution < -0.4 is 5.32 Å². The van der Waals surface area contributed by atoms with Crippen LogP contribution in [-0.4, -0.2) is 20.7 Å². The first-order valence-electron chi connectivity index (χ1n) is 6.18. The Balaban J connectivity index is 2.43. The van der Waals surface area contributed by atoms with Crippen LogP contribution in [-0.2, 0) is 11.0 Å². The van der Waals surface area contributed by atoms with E-state index in [0.717, 1.165) is 16.8 Å². The molecule has 114 valence electrons. The number of nitriles is 1. The summed E-state index contributed by atoms with van der Waals surface area (Å²) < 4.78 is 38.6. The predicted octanol–water partition coefficient (Wildman–Crippen LogP) is 2.51. The van der Waals surface area contributed by atoms with Crippen molar-refractivity contribution in [3.05, 3.63) is 35.7 Å². The van der Waals surface area contributed by atoms with Crippen LogP contribution in [0.2, 0.25) is 0 Å². The van der Waals surface area contributed by atoms with Gasteiger partial charge in [-0.3, -0.25) is 4.79 Å². The molecule has 0 unspecified atom stereocenters. The van der Waals surface area contributed by atoms with Crippen LogP contribution in [0.3, 0.4) is 0 Å². The van der Waals surface area contributed by atoms with Gasteiger partial charge in [0.1, 0.15) is 11.6 Å². The Labute approximate surface area is 123 Å². The molecule has 2 aromatic heterocycles. The summed E-state index contributed by atoms with van der Waals surface area (Å²) >= 11 is 0. The first kappa shape index (κ1) is 15.5. The van der Waals surface area contributed by atoms with Crippen molar-refractivity contribution in [2.45, 2.75) is 19.5 Å². The molecule has 0 aliphatic carbocycles. The highest BCUT2D eigenvalue weighted by Crippen LogP contribution is 2.29. The van der Waals surface area contributed by atoms with Crippen LogP contribution in [0.25, 0.3) is 5.82 Å². The Hall–Kier alpha value is -2.89. The molecule has 0 saturated heterocycles. The van der Waals surface area contributed by atoms with Crippen LogP contribution in [0.4, 0.5) is 19.0 Å². The number of carbonyl (C=O) groups excluding carboxylic acids is 1. The van der Waals surface area contributed by atoms with Crippen molar-refractivity contribution in [3.63, 3.8) is 0 Å². The normalized spacial score (nSPS) is 11.0. The smallest absolute Gasteiger partial charge is 0.309 e. The summed E-state index contributed by atoms with van der Waals surface area (Å²) in [6, 6.07) is 3.80. The van der Waals surface area contributed by atoms with E-state index >= 15 is 0 Å². The molecule has 0 fully saturated rings. The fraction of sp³-hybridized carbons (Fsp3) is 0.231. The van der Waals surface area contributed by atoms with Gasteiger partial charge < -0.3 is 5.32 Å². The summed E-state index contributed by atoms with van der Waals surface area (Å²) in [4.78, 5) is 15.2. The first-order chi connectivity index (χ1) is 10.4. The number of anilines is 1. The topological polar surface area (TPSA) is 83.6 Å². The fourth-order valence-electron chi connectivity index (χ4n) is 1.62. The highest BCUT2D eigenvalue weighted by atomic mass is 19.4. The second kappa shape index (κ2) is 5.85. The summed E-state index contributed by atoms with van der Waals surface area (Å²) in [7, 11) is 0. The van der Waals surface area contributed by atoms with Crippen LogP contribution in [0.1, 0.15) is 24.5 Å². The highest BCUT2D eigenvalue weighted by Gasteiger charge is 2.30. The molecule has 0 spiro atoms. The van der Waals surface area contributed by atoms with Crippen LogP contribution in [0.15, 0.2) is 24.5 Å². The molecule has 0 radical (unpaired) electrons. The molecule has 0 aromatic carbocycles. The number of nitrogens with one attached hydrogen (secondary N) is 1. The van der Waals surface area contributed by atoms with E-state index in [-0.39, 0.29) is 29.5 Å². The van der Waals surface area contributed by atoms with Crippen molar-refractivity contribution in [2.75, 3.05) is 5.32 Å². The van der Waals surface area contributed by atoms with Gasteiger partial charge in [-0.15, -0.1) is 0 Å². The second-order valence-corrected chi connectivity index (χ2v) is 4.24. The van der Waals surface area contributed by atoms with Gasteiger partial charge in [-0.1, -0.05) is 6.92 Å². The van der Waals surface area contributed by atoms with Gasteiger partial charge in [0, 0.05) is 12.6 Å². The standard InChI is InChI=1S/C13H10F3N5O/c1-2-11(22)20-12-8(5-17)6-19-21(12)10-4-3-9(7-18-10)13(14,15)16/h3-4,6-7H,2H2,1H3,(H,20,22). The number of pyridine rings is 1. The van der Waals surface area contributed by atoms with E-state index in [1.807, 2.05) is 6.07 Å². The number of alkyl halides is 3. The van der Waals surface area contributed by atoms with Crippen molar-refractivity contribution in [1.82, 2.24) is 14.8 Å². The van der Waals surface area contributed by atoms with Gasteiger partial charge in [0.05, 0.1) is 11.8 Å². The zero-order valence-corrected chi connectivity index (χ0v) is 11.3. The van der Waals surface area contributed by atoms with E-state index in [1.165, 1.54) is 6.20 Å². The average molecular weight is 309 g/mol. The Morgan fingerprint density at radius 3 is 2.64 bits per heavy atom. The Bertz CT molecular complexity index is 728. The molecular weight excluding hydrogens is 299 g/mol. The zero-order chi connectivity index (χ0) is 16.3. The number of hydrogen-bond acceptors (Lipinski definition) is 4. The van der Waals surface area contributed by atoms with Crippen molar-refractivity contribution in [1.29, 1.82) is 5.26 Å². The van der Waals surface area contributed by atoms with E-state index in [0.29, 0.717) is 6.20 Å². The van der Waals surface area contributed by atoms with Gasteiger partial charge in [0.2, 0.25) is 5.91 Å². The molecule has 0 bridgehead atoms. The Morgan fingerprint density at radius 1 is 1.41 bits per heavy atom. The number of carbonyl (C=O) groups is 1. The summed E-state index contributed by atoms with van der Waals surface area (Å²) in [5, 5.41) is 15.3. The molecule has 2 aromatic rings. The SMILES string of the molecule is CCC(=O)Nc1c(C#N)cnn1-c1ccc(C(F)(F)F)cn1. The van der Waals surface area contributed by atoms with Gasteiger partial charge in [-0.25, -0.2) is 4.98 Å². The minimum Gasteiger partial charge on any atom is -0.309 e. The largest absolute Gasteiger partial charge is 0.417 e. The van der Waals surface area contributed by atoms with Crippen molar-refractivity contribution in [2.24, 2.45) is 0 Å². The molecule has 1 amide bonds. The number of halogens is 3. The number of amides is 1. The zero-order valence-electron chi connectivity index (χ0n) is 11.3. The lowest BCUT2D eigenvalue weighted by Crippen LogP contribution is -2.15. The quantitative estimate of drug-likeness (QED) is 0.944. The summed E-state index contributed by atoms with van der Waals surface area (Å²) in [5.41, 5.74) is -0.813. The van der Waals surface area contributed by atoms with E-state index in [9.17, 15) is 18.0 Å². The maximum Gasteiger partial charge on any atom is 0.417 e. The molecule has 2 rings (SSSR count). The van der Waals surface area contributed by atoms with Gasteiger partial charge in [-0.2, -0.15) is 28.2 Å². The molecule has 0 saturated carbocycles. The number of hydrogen-bond donors (Lipinski definition) is 1. The fourth-order valence-corrected chi connectivity index (χ4v) is 1.62. The molecule has 2 heterocycles. The van der Waals surface area contributed by atoms with Gasteiger partial charge in [0.25, 0.3) is 0 Å². The molecule has 9 heteroatoms. The maximum atomic E-state index is 12.5. The molecule has 0 aliphatic heterocycles. The van der Waals surface area contributed by atoms with E-state index < -0.39 is 11.7 Å². The maximum absolute atomic E-state index is 12.5. The minimum atomic E-state index is -4.49. The van der Waals surface area contributed by atoms with Crippen molar-refractivity contribution >= 4 is 11.7 Å².